The van der Waals surface area contributed by atoms with Gasteiger partial charge in [-0.3, -0.25) is 0 Å². The van der Waals surface area contributed by atoms with E-state index in [2.05, 4.69) is 26.2 Å². The highest BCUT2D eigenvalue weighted by molar-refractivity contribution is 5.12. The van der Waals surface area contributed by atoms with Crippen LogP contribution in [0.25, 0.3) is 0 Å². The van der Waals surface area contributed by atoms with Crippen LogP contribution < -0.4 is 0 Å². The maximum absolute atomic E-state index is 8.54. The lowest BCUT2D eigenvalue weighted by Gasteiger charge is -1.99. The second-order valence-electron chi connectivity index (χ2n) is 3.64. The van der Waals surface area contributed by atoms with Crippen LogP contribution in [0.1, 0.15) is 32.6 Å². The molecule has 1 N–H and O–H groups in total. The smallest absolute Gasteiger partial charge is 0.0612 e. The van der Waals surface area contributed by atoms with Crippen LogP contribution in [0.3, 0.4) is 0 Å². The maximum atomic E-state index is 8.54. The average Bonchev–Trinajstić information content (AvgIpc) is 2.24. The molecule has 1 heteroatoms. The third kappa shape index (κ3) is 9.23. The highest BCUT2D eigenvalue weighted by Gasteiger charge is 1.90. The Morgan fingerprint density at radius 2 is 1.93 bits per heavy atom. The van der Waals surface area contributed by atoms with Gasteiger partial charge < -0.3 is 5.11 Å². The van der Waals surface area contributed by atoms with Crippen LogP contribution in [0, 0.1) is 0 Å². The molecule has 0 saturated carbocycles. The van der Waals surface area contributed by atoms with Gasteiger partial charge in [-0.15, -0.1) is 0 Å². The van der Waals surface area contributed by atoms with Crippen LogP contribution in [0.15, 0.2) is 48.6 Å². The van der Waals surface area contributed by atoms with E-state index in [9.17, 15) is 0 Å². The molecular weight excluding hydrogens is 184 g/mol. The summed E-state index contributed by atoms with van der Waals surface area (Å²) in [7, 11) is 0. The second-order valence-corrected chi connectivity index (χ2v) is 3.64. The molecule has 0 aliphatic rings. The lowest BCUT2D eigenvalue weighted by Crippen LogP contribution is -1.79. The van der Waals surface area contributed by atoms with Gasteiger partial charge in [-0.1, -0.05) is 48.6 Å². The molecular formula is C14H22O. The summed E-state index contributed by atoms with van der Waals surface area (Å²) in [5, 5.41) is 8.54. The molecule has 0 unspecified atom stereocenters. The first kappa shape index (κ1) is 13.9. The standard InChI is InChI=1S/C14H22O/c1-4-13(2)10-8-11-14(3)9-6-5-7-12-15/h4-5,7,11,15H,1-2,6,8-10,12H2,3H3/b7-5-,14-11+. The van der Waals surface area contributed by atoms with Crippen molar-refractivity contribution >= 4 is 0 Å². The van der Waals surface area contributed by atoms with Crippen molar-refractivity contribution in [2.24, 2.45) is 0 Å². The van der Waals surface area contributed by atoms with Gasteiger partial charge in [0, 0.05) is 0 Å². The first-order valence-electron chi connectivity index (χ1n) is 5.42. The zero-order chi connectivity index (χ0) is 11.5. The molecule has 0 radical (unpaired) electrons. The highest BCUT2D eigenvalue weighted by Crippen LogP contribution is 2.09. The molecule has 84 valence electrons. The van der Waals surface area contributed by atoms with Crippen molar-refractivity contribution in [3.05, 3.63) is 48.6 Å². The van der Waals surface area contributed by atoms with Gasteiger partial charge in [-0.05, 0) is 32.6 Å². The largest absolute Gasteiger partial charge is 0.392 e. The van der Waals surface area contributed by atoms with Gasteiger partial charge in [0.2, 0.25) is 0 Å². The summed E-state index contributed by atoms with van der Waals surface area (Å²) < 4.78 is 0. The van der Waals surface area contributed by atoms with Crippen LogP contribution in [0.2, 0.25) is 0 Å². The first-order valence-corrected chi connectivity index (χ1v) is 5.42. The van der Waals surface area contributed by atoms with E-state index in [1.165, 1.54) is 5.57 Å². The Morgan fingerprint density at radius 1 is 1.20 bits per heavy atom. The summed E-state index contributed by atoms with van der Waals surface area (Å²) in [5.74, 6) is 0. The topological polar surface area (TPSA) is 20.2 Å². The predicted molar refractivity (Wildman–Crippen MR) is 67.8 cm³/mol. The Balaban J connectivity index is 3.65. The lowest BCUT2D eigenvalue weighted by atomic mass is 10.1. The Morgan fingerprint density at radius 3 is 2.53 bits per heavy atom. The van der Waals surface area contributed by atoms with Crippen LogP contribution in [-0.2, 0) is 0 Å². The van der Waals surface area contributed by atoms with Gasteiger partial charge in [0.05, 0.1) is 6.61 Å². The van der Waals surface area contributed by atoms with Crippen LogP contribution in [0.5, 0.6) is 0 Å². The molecule has 0 aliphatic heterocycles. The van der Waals surface area contributed by atoms with Crippen LogP contribution in [-0.4, -0.2) is 11.7 Å². The van der Waals surface area contributed by atoms with E-state index >= 15 is 0 Å². The predicted octanol–water partition coefficient (Wildman–Crippen LogP) is 3.78. The fraction of sp³-hybridized carbons (Fsp3) is 0.429. The average molecular weight is 206 g/mol. The van der Waals surface area contributed by atoms with Crippen molar-refractivity contribution in [3.63, 3.8) is 0 Å². The number of allylic oxidation sites excluding steroid dienone is 5. The van der Waals surface area contributed by atoms with Gasteiger partial charge in [0.1, 0.15) is 0 Å². The van der Waals surface area contributed by atoms with E-state index < -0.39 is 0 Å². The summed E-state index contributed by atoms with van der Waals surface area (Å²) in [6, 6.07) is 0. The molecule has 0 amide bonds. The molecule has 15 heavy (non-hydrogen) atoms. The maximum Gasteiger partial charge on any atom is 0.0612 e. The quantitative estimate of drug-likeness (QED) is 0.473. The number of aliphatic hydroxyl groups is 1. The Kier molecular flexibility index (Phi) is 8.79. The van der Waals surface area contributed by atoms with Crippen molar-refractivity contribution in [2.75, 3.05) is 6.61 Å². The number of hydrogen-bond acceptors (Lipinski definition) is 1. The van der Waals surface area contributed by atoms with Crippen molar-refractivity contribution in [3.8, 4) is 0 Å². The summed E-state index contributed by atoms with van der Waals surface area (Å²) in [4.78, 5) is 0. The van der Waals surface area contributed by atoms with Gasteiger partial charge in [0.15, 0.2) is 0 Å². The molecule has 0 heterocycles. The summed E-state index contributed by atoms with van der Waals surface area (Å²) in [6.07, 6.45) is 12.0. The van der Waals surface area contributed by atoms with Gasteiger partial charge >= 0.3 is 0 Å². The third-order valence-corrected chi connectivity index (χ3v) is 2.22. The van der Waals surface area contributed by atoms with Gasteiger partial charge in [-0.25, -0.2) is 0 Å². The van der Waals surface area contributed by atoms with E-state index in [1.54, 1.807) is 6.08 Å². The van der Waals surface area contributed by atoms with Gasteiger partial charge in [0.25, 0.3) is 0 Å². The van der Waals surface area contributed by atoms with Crippen molar-refractivity contribution in [2.45, 2.75) is 32.6 Å². The minimum absolute atomic E-state index is 0.141. The van der Waals surface area contributed by atoms with Crippen LogP contribution >= 0.6 is 0 Å². The molecule has 0 spiro atoms. The van der Waals surface area contributed by atoms with Crippen molar-refractivity contribution in [1.29, 1.82) is 0 Å². The zero-order valence-corrected chi connectivity index (χ0v) is 9.71. The molecule has 0 aromatic rings. The molecule has 0 bridgehead atoms. The molecule has 0 aromatic heterocycles. The van der Waals surface area contributed by atoms with Crippen molar-refractivity contribution < 1.29 is 5.11 Å². The Hall–Kier alpha value is -1.08. The highest BCUT2D eigenvalue weighted by atomic mass is 16.2. The number of hydrogen-bond donors (Lipinski definition) is 1. The third-order valence-electron chi connectivity index (χ3n) is 2.22. The summed E-state index contributed by atoms with van der Waals surface area (Å²) in [6.45, 7) is 9.83. The lowest BCUT2D eigenvalue weighted by molar-refractivity contribution is 0.342. The van der Waals surface area contributed by atoms with Crippen molar-refractivity contribution in [1.82, 2.24) is 0 Å². The fourth-order valence-corrected chi connectivity index (χ4v) is 1.21. The Bertz CT molecular complexity index is 246. The second kappa shape index (κ2) is 9.47. The monoisotopic (exact) mass is 206 g/mol. The minimum atomic E-state index is 0.141. The van der Waals surface area contributed by atoms with Gasteiger partial charge in [-0.2, -0.15) is 0 Å². The first-order chi connectivity index (χ1) is 7.20. The van der Waals surface area contributed by atoms with E-state index in [4.69, 9.17) is 5.11 Å². The number of rotatable bonds is 8. The summed E-state index contributed by atoms with van der Waals surface area (Å²) >= 11 is 0. The van der Waals surface area contributed by atoms with E-state index in [0.29, 0.717) is 0 Å². The van der Waals surface area contributed by atoms with E-state index in [1.807, 2.05) is 12.2 Å². The molecule has 0 rings (SSSR count). The minimum Gasteiger partial charge on any atom is -0.392 e. The molecule has 0 atom stereocenters. The number of aliphatic hydroxyl groups excluding tert-OH is 1. The zero-order valence-electron chi connectivity index (χ0n) is 9.71. The SMILES string of the molecule is C=CC(=C)CC/C=C(\C)CC/C=C\CO. The fourth-order valence-electron chi connectivity index (χ4n) is 1.21. The molecule has 0 saturated heterocycles. The van der Waals surface area contributed by atoms with E-state index in [-0.39, 0.29) is 6.61 Å². The molecule has 1 nitrogen and oxygen atoms in total. The summed E-state index contributed by atoms with van der Waals surface area (Å²) in [5.41, 5.74) is 2.49. The Labute approximate surface area is 93.5 Å². The molecule has 0 aromatic carbocycles. The normalized spacial score (nSPS) is 12.0. The van der Waals surface area contributed by atoms with Crippen LogP contribution in [0.4, 0.5) is 0 Å². The van der Waals surface area contributed by atoms with E-state index in [0.717, 1.165) is 31.3 Å². The molecule has 0 fully saturated rings. The molecule has 0 aliphatic carbocycles.